The smallest absolute Gasteiger partial charge is 0.407 e. The Morgan fingerprint density at radius 2 is 1.51 bits per heavy atom. The summed E-state index contributed by atoms with van der Waals surface area (Å²) >= 11 is 0. The molecule has 1 aliphatic carbocycles. The molecule has 2 aliphatic rings. The maximum Gasteiger partial charge on any atom is 0.407 e. The zero-order valence-electron chi connectivity index (χ0n) is 23.0. The van der Waals surface area contributed by atoms with E-state index in [1.165, 1.54) is 4.57 Å². The van der Waals surface area contributed by atoms with Crippen LogP contribution in [0.3, 0.4) is 0 Å². The summed E-state index contributed by atoms with van der Waals surface area (Å²) in [6.45, 7) is -0.554. The summed E-state index contributed by atoms with van der Waals surface area (Å²) in [4.78, 5) is 25.1. The molecule has 1 amide bonds. The molecule has 1 fully saturated rings. The SMILES string of the molecule is O=C(N[C@H](Cc1cn([C@H]2O[C@H](CO)[C@@H](O)[C@H](O)[C@@H]2O)c2ccccc12)C(=O)O)OCC1c2ccccc2-c2ccccc21. The first-order valence-electron chi connectivity index (χ1n) is 14.0. The van der Waals surface area contributed by atoms with E-state index in [0.717, 1.165) is 22.3 Å². The number of ether oxygens (including phenoxy) is 2. The number of aromatic nitrogens is 1. The van der Waals surface area contributed by atoms with Crippen molar-refractivity contribution in [2.75, 3.05) is 13.2 Å². The molecule has 0 bridgehead atoms. The van der Waals surface area contributed by atoms with E-state index in [4.69, 9.17) is 9.47 Å². The number of hydrogen-bond acceptors (Lipinski definition) is 8. The van der Waals surface area contributed by atoms with E-state index in [1.54, 1.807) is 30.5 Å². The van der Waals surface area contributed by atoms with Gasteiger partial charge in [-0.2, -0.15) is 0 Å². The Morgan fingerprint density at radius 1 is 0.884 bits per heavy atom. The van der Waals surface area contributed by atoms with Gasteiger partial charge in [0.1, 0.15) is 37.1 Å². The van der Waals surface area contributed by atoms with Gasteiger partial charge < -0.3 is 44.9 Å². The Labute approximate surface area is 246 Å². The lowest BCUT2D eigenvalue weighted by Crippen LogP contribution is -2.56. The first-order valence-corrected chi connectivity index (χ1v) is 14.0. The number of hydrogen-bond donors (Lipinski definition) is 6. The van der Waals surface area contributed by atoms with Crippen LogP contribution < -0.4 is 5.32 Å². The molecule has 3 aromatic carbocycles. The summed E-state index contributed by atoms with van der Waals surface area (Å²) in [7, 11) is 0. The highest BCUT2D eigenvalue weighted by molar-refractivity contribution is 5.86. The number of rotatable bonds is 8. The summed E-state index contributed by atoms with van der Waals surface area (Å²) < 4.78 is 12.8. The molecule has 6 atom stereocenters. The van der Waals surface area contributed by atoms with Crippen molar-refractivity contribution in [3.63, 3.8) is 0 Å². The second kappa shape index (κ2) is 11.8. The van der Waals surface area contributed by atoms with Gasteiger partial charge >= 0.3 is 12.1 Å². The molecule has 43 heavy (non-hydrogen) atoms. The van der Waals surface area contributed by atoms with Gasteiger partial charge in [-0.1, -0.05) is 66.7 Å². The van der Waals surface area contributed by atoms with E-state index < -0.39 is 55.4 Å². The average Bonchev–Trinajstić information content (AvgIpc) is 3.54. The number of nitrogens with one attached hydrogen (secondary N) is 1. The lowest BCUT2D eigenvalue weighted by molar-refractivity contribution is -0.250. The van der Waals surface area contributed by atoms with E-state index in [-0.39, 0.29) is 18.9 Å². The molecule has 11 nitrogen and oxygen atoms in total. The summed E-state index contributed by atoms with van der Waals surface area (Å²) in [5, 5.41) is 53.9. The Kier molecular flexibility index (Phi) is 7.91. The highest BCUT2D eigenvalue weighted by Gasteiger charge is 2.44. The maximum atomic E-state index is 12.9. The zero-order chi connectivity index (χ0) is 30.2. The predicted octanol–water partition coefficient (Wildman–Crippen LogP) is 2.15. The second-order valence-corrected chi connectivity index (χ2v) is 10.9. The summed E-state index contributed by atoms with van der Waals surface area (Å²) in [6, 6.07) is 21.5. The third-order valence-electron chi connectivity index (χ3n) is 8.32. The number of nitrogens with zero attached hydrogens (tertiary/aromatic N) is 1. The van der Waals surface area contributed by atoms with Crippen LogP contribution in [-0.4, -0.2) is 85.8 Å². The van der Waals surface area contributed by atoms with Gasteiger partial charge in [-0.3, -0.25) is 0 Å². The molecule has 11 heteroatoms. The van der Waals surface area contributed by atoms with Crippen molar-refractivity contribution in [1.29, 1.82) is 0 Å². The van der Waals surface area contributed by atoms with Crippen LogP contribution in [0.15, 0.2) is 79.0 Å². The topological polar surface area (TPSA) is 171 Å². The van der Waals surface area contributed by atoms with Crippen molar-refractivity contribution in [2.45, 2.75) is 49.0 Å². The van der Waals surface area contributed by atoms with Crippen LogP contribution in [0.1, 0.15) is 28.8 Å². The van der Waals surface area contributed by atoms with Crippen molar-refractivity contribution in [3.8, 4) is 11.1 Å². The molecule has 4 aromatic rings. The first-order chi connectivity index (χ1) is 20.8. The van der Waals surface area contributed by atoms with Crippen LogP contribution in [0.25, 0.3) is 22.0 Å². The molecule has 1 aromatic heterocycles. The number of carbonyl (C=O) groups is 2. The highest BCUT2D eigenvalue weighted by atomic mass is 16.6. The van der Waals surface area contributed by atoms with E-state index in [0.29, 0.717) is 16.5 Å². The molecule has 2 heterocycles. The van der Waals surface area contributed by atoms with E-state index in [1.807, 2.05) is 48.5 Å². The number of benzene rings is 3. The van der Waals surface area contributed by atoms with E-state index >= 15 is 0 Å². The van der Waals surface area contributed by atoms with Gasteiger partial charge in [0, 0.05) is 23.9 Å². The fourth-order valence-corrected chi connectivity index (χ4v) is 6.16. The number of alkyl carbamates (subject to hydrolysis) is 1. The van der Waals surface area contributed by atoms with Gasteiger partial charge in [0.15, 0.2) is 6.23 Å². The number of carboxylic acids is 1. The summed E-state index contributed by atoms with van der Waals surface area (Å²) in [6.07, 6.45) is -6.33. The fourth-order valence-electron chi connectivity index (χ4n) is 6.16. The number of aliphatic carboxylic acids is 1. The Hall–Kier alpha value is -4.26. The predicted molar refractivity (Wildman–Crippen MR) is 154 cm³/mol. The van der Waals surface area contributed by atoms with Crippen LogP contribution in [-0.2, 0) is 20.7 Å². The molecule has 1 aliphatic heterocycles. The number of aliphatic hydroxyl groups is 4. The van der Waals surface area contributed by atoms with Gasteiger partial charge in [0.2, 0.25) is 0 Å². The molecule has 224 valence electrons. The Morgan fingerprint density at radius 3 is 2.16 bits per heavy atom. The number of aliphatic hydroxyl groups excluding tert-OH is 4. The maximum absolute atomic E-state index is 12.9. The summed E-state index contributed by atoms with van der Waals surface area (Å²) in [5.74, 6) is -1.45. The van der Waals surface area contributed by atoms with Crippen molar-refractivity contribution in [1.82, 2.24) is 9.88 Å². The average molecular weight is 589 g/mol. The van der Waals surface area contributed by atoms with Crippen LogP contribution in [0.2, 0.25) is 0 Å². The van der Waals surface area contributed by atoms with Gasteiger partial charge in [-0.15, -0.1) is 0 Å². The molecule has 0 spiro atoms. The van der Waals surface area contributed by atoms with Crippen LogP contribution >= 0.6 is 0 Å². The van der Waals surface area contributed by atoms with Crippen molar-refractivity contribution < 1.29 is 44.6 Å². The monoisotopic (exact) mass is 588 g/mol. The number of carbonyl (C=O) groups excluding carboxylic acids is 1. The largest absolute Gasteiger partial charge is 0.480 e. The molecule has 0 unspecified atom stereocenters. The molecular formula is C32H32N2O9. The van der Waals surface area contributed by atoms with Gasteiger partial charge in [0.05, 0.1) is 12.1 Å². The van der Waals surface area contributed by atoms with Crippen molar-refractivity contribution >= 4 is 23.0 Å². The lowest BCUT2D eigenvalue weighted by Gasteiger charge is -2.40. The third kappa shape index (κ3) is 5.26. The minimum atomic E-state index is -1.58. The first kappa shape index (κ1) is 28.8. The number of para-hydroxylation sites is 1. The molecule has 0 saturated carbocycles. The standard InChI is InChI=1S/C32H32N2O9/c35-15-26-27(36)28(37)29(38)30(43-26)34-14-17(18-7-5-6-12-25(18)34)13-24(31(39)40)33-32(41)42-16-23-21-10-3-1-8-19(21)20-9-2-4-11-22(20)23/h1-12,14,23-24,26-30,35-38H,13,15-16H2,(H,33,41)(H,39,40)/t24-,26-,27-,28+,29+,30+/m1/s1. The quantitative estimate of drug-likeness (QED) is 0.180. The zero-order valence-corrected chi connectivity index (χ0v) is 23.0. The van der Waals surface area contributed by atoms with Crippen LogP contribution in [0.5, 0.6) is 0 Å². The Bertz CT molecular complexity index is 1610. The minimum absolute atomic E-state index is 0.0304. The minimum Gasteiger partial charge on any atom is -0.480 e. The van der Waals surface area contributed by atoms with Gasteiger partial charge in [0.25, 0.3) is 0 Å². The fraction of sp³-hybridized carbons (Fsp3) is 0.312. The normalized spacial score (nSPS) is 23.9. The van der Waals surface area contributed by atoms with Crippen molar-refractivity contribution in [2.24, 2.45) is 0 Å². The summed E-state index contributed by atoms with van der Waals surface area (Å²) in [5.41, 5.74) is 5.31. The van der Waals surface area contributed by atoms with E-state index in [2.05, 4.69) is 5.32 Å². The molecular weight excluding hydrogens is 556 g/mol. The van der Waals surface area contributed by atoms with Gasteiger partial charge in [-0.25, -0.2) is 9.59 Å². The highest BCUT2D eigenvalue weighted by Crippen LogP contribution is 2.44. The van der Waals surface area contributed by atoms with Crippen LogP contribution in [0.4, 0.5) is 4.79 Å². The van der Waals surface area contributed by atoms with E-state index in [9.17, 15) is 35.1 Å². The number of carboxylic acid groups (broad SMARTS) is 1. The third-order valence-corrected chi connectivity index (χ3v) is 8.32. The number of fused-ring (bicyclic) bond motifs is 4. The molecule has 0 radical (unpaired) electrons. The van der Waals surface area contributed by atoms with Crippen molar-refractivity contribution in [3.05, 3.63) is 95.7 Å². The number of amides is 1. The Balaban J connectivity index is 1.20. The molecule has 6 N–H and O–H groups in total. The second-order valence-electron chi connectivity index (χ2n) is 10.9. The lowest BCUT2D eigenvalue weighted by atomic mass is 9.98. The van der Waals surface area contributed by atoms with Crippen LogP contribution in [0, 0.1) is 0 Å². The molecule has 1 saturated heterocycles. The van der Waals surface area contributed by atoms with Gasteiger partial charge in [-0.05, 0) is 33.9 Å². The molecule has 6 rings (SSSR count).